The number of nitrogens with one attached hydrogen (secondary N) is 1. The molecule has 3 aromatic rings. The largest absolute Gasteiger partial charge is 0.491 e. The SMILES string of the molecule is CNCc1nc2ccccc2n1CCOc1ccccc1C. The maximum absolute atomic E-state index is 5.92. The van der Waals surface area contributed by atoms with E-state index in [-0.39, 0.29) is 0 Å². The highest BCUT2D eigenvalue weighted by Gasteiger charge is 2.09. The second-order valence-electron chi connectivity index (χ2n) is 5.31. The van der Waals surface area contributed by atoms with Crippen LogP contribution in [0.3, 0.4) is 0 Å². The number of aromatic nitrogens is 2. The van der Waals surface area contributed by atoms with E-state index in [0.29, 0.717) is 6.61 Å². The standard InChI is InChI=1S/C18H21N3O/c1-14-7-3-6-10-17(14)22-12-11-21-16-9-5-4-8-15(16)20-18(21)13-19-2/h3-10,19H,11-13H2,1-2H3. The Labute approximate surface area is 130 Å². The summed E-state index contributed by atoms with van der Waals surface area (Å²) < 4.78 is 8.15. The average Bonchev–Trinajstić information content (AvgIpc) is 2.87. The van der Waals surface area contributed by atoms with E-state index in [1.54, 1.807) is 0 Å². The highest BCUT2D eigenvalue weighted by Crippen LogP contribution is 2.18. The molecule has 1 N–H and O–H groups in total. The van der Waals surface area contributed by atoms with Gasteiger partial charge in [-0.1, -0.05) is 30.3 Å². The minimum absolute atomic E-state index is 0.627. The van der Waals surface area contributed by atoms with Crippen LogP contribution in [-0.4, -0.2) is 23.2 Å². The summed E-state index contributed by atoms with van der Waals surface area (Å²) in [4.78, 5) is 4.69. The molecule has 0 saturated carbocycles. The number of aryl methyl sites for hydroxylation is 1. The lowest BCUT2D eigenvalue weighted by Gasteiger charge is -2.12. The molecule has 22 heavy (non-hydrogen) atoms. The van der Waals surface area contributed by atoms with Crippen LogP contribution in [0, 0.1) is 6.92 Å². The van der Waals surface area contributed by atoms with Crippen molar-refractivity contribution in [2.45, 2.75) is 20.0 Å². The molecule has 0 fully saturated rings. The summed E-state index contributed by atoms with van der Waals surface area (Å²) >= 11 is 0. The van der Waals surface area contributed by atoms with Crippen LogP contribution in [0.5, 0.6) is 5.75 Å². The Bertz CT molecular complexity index is 764. The number of ether oxygens (including phenoxy) is 1. The molecule has 4 heteroatoms. The van der Waals surface area contributed by atoms with Crippen molar-refractivity contribution in [1.29, 1.82) is 0 Å². The molecule has 0 spiro atoms. The number of rotatable bonds is 6. The van der Waals surface area contributed by atoms with Gasteiger partial charge in [0.1, 0.15) is 18.2 Å². The third-order valence-electron chi connectivity index (χ3n) is 3.73. The second kappa shape index (κ2) is 6.62. The Morgan fingerprint density at radius 1 is 1.09 bits per heavy atom. The van der Waals surface area contributed by atoms with Gasteiger partial charge in [0.05, 0.1) is 24.1 Å². The van der Waals surface area contributed by atoms with Gasteiger partial charge < -0.3 is 14.6 Å². The van der Waals surface area contributed by atoms with Crippen molar-refractivity contribution < 1.29 is 4.74 Å². The topological polar surface area (TPSA) is 39.1 Å². The van der Waals surface area contributed by atoms with Crippen LogP contribution in [0.25, 0.3) is 11.0 Å². The number of fused-ring (bicyclic) bond motifs is 1. The summed E-state index contributed by atoms with van der Waals surface area (Å²) in [5, 5.41) is 3.18. The second-order valence-corrected chi connectivity index (χ2v) is 5.31. The van der Waals surface area contributed by atoms with Gasteiger partial charge in [0.15, 0.2) is 0 Å². The predicted molar refractivity (Wildman–Crippen MR) is 89.2 cm³/mol. The molecule has 1 aromatic heterocycles. The van der Waals surface area contributed by atoms with E-state index in [0.717, 1.165) is 41.3 Å². The number of nitrogens with zero attached hydrogens (tertiary/aromatic N) is 2. The van der Waals surface area contributed by atoms with Gasteiger partial charge in [0.25, 0.3) is 0 Å². The molecule has 0 amide bonds. The Balaban J connectivity index is 1.78. The molecule has 2 aromatic carbocycles. The summed E-state index contributed by atoms with van der Waals surface area (Å²) in [7, 11) is 1.94. The number of para-hydroxylation sites is 3. The average molecular weight is 295 g/mol. The van der Waals surface area contributed by atoms with E-state index in [1.165, 1.54) is 0 Å². The van der Waals surface area contributed by atoms with E-state index in [2.05, 4.69) is 28.9 Å². The molecule has 0 aliphatic heterocycles. The van der Waals surface area contributed by atoms with Crippen LogP contribution in [0.4, 0.5) is 0 Å². The molecule has 0 radical (unpaired) electrons. The molecule has 114 valence electrons. The molecule has 0 unspecified atom stereocenters. The quantitative estimate of drug-likeness (QED) is 0.759. The minimum atomic E-state index is 0.627. The van der Waals surface area contributed by atoms with Crippen LogP contribution < -0.4 is 10.1 Å². The fourth-order valence-electron chi connectivity index (χ4n) is 2.63. The predicted octanol–water partition coefficient (Wildman–Crippen LogP) is 3.14. The zero-order chi connectivity index (χ0) is 15.4. The van der Waals surface area contributed by atoms with Crippen molar-refractivity contribution in [2.24, 2.45) is 0 Å². The molecule has 0 atom stereocenters. The van der Waals surface area contributed by atoms with E-state index < -0.39 is 0 Å². The molecule has 1 heterocycles. The Hall–Kier alpha value is -2.33. The summed E-state index contributed by atoms with van der Waals surface area (Å²) in [6.07, 6.45) is 0. The summed E-state index contributed by atoms with van der Waals surface area (Å²) in [5.74, 6) is 1.99. The fourth-order valence-corrected chi connectivity index (χ4v) is 2.63. The van der Waals surface area contributed by atoms with Crippen LogP contribution in [0.2, 0.25) is 0 Å². The lowest BCUT2D eigenvalue weighted by Crippen LogP contribution is -2.15. The molecule has 3 rings (SSSR count). The molecule has 0 saturated heterocycles. The van der Waals surface area contributed by atoms with Gasteiger partial charge >= 0.3 is 0 Å². The normalized spacial score (nSPS) is 11.0. The van der Waals surface area contributed by atoms with E-state index in [9.17, 15) is 0 Å². The van der Waals surface area contributed by atoms with E-state index in [4.69, 9.17) is 9.72 Å². The van der Waals surface area contributed by atoms with Crippen molar-refractivity contribution in [1.82, 2.24) is 14.9 Å². The molecular formula is C18H21N3O. The third-order valence-corrected chi connectivity index (χ3v) is 3.73. The zero-order valence-corrected chi connectivity index (χ0v) is 13.0. The fraction of sp³-hybridized carbons (Fsp3) is 0.278. The molecule has 0 bridgehead atoms. The first-order chi connectivity index (χ1) is 10.8. The van der Waals surface area contributed by atoms with Gasteiger partial charge in [-0.15, -0.1) is 0 Å². The first-order valence-corrected chi connectivity index (χ1v) is 7.57. The van der Waals surface area contributed by atoms with Gasteiger partial charge in [0, 0.05) is 0 Å². The van der Waals surface area contributed by atoms with Crippen molar-refractivity contribution in [3.05, 3.63) is 59.9 Å². The van der Waals surface area contributed by atoms with Crippen molar-refractivity contribution >= 4 is 11.0 Å². The Morgan fingerprint density at radius 3 is 2.68 bits per heavy atom. The van der Waals surface area contributed by atoms with Gasteiger partial charge in [-0.05, 0) is 37.7 Å². The first kappa shape index (κ1) is 14.6. The lowest BCUT2D eigenvalue weighted by atomic mass is 10.2. The van der Waals surface area contributed by atoms with Gasteiger partial charge in [-0.25, -0.2) is 4.98 Å². The highest BCUT2D eigenvalue weighted by molar-refractivity contribution is 5.75. The van der Waals surface area contributed by atoms with Crippen LogP contribution in [-0.2, 0) is 13.1 Å². The monoisotopic (exact) mass is 295 g/mol. The van der Waals surface area contributed by atoms with E-state index >= 15 is 0 Å². The van der Waals surface area contributed by atoms with Gasteiger partial charge in [0.2, 0.25) is 0 Å². The van der Waals surface area contributed by atoms with Crippen molar-refractivity contribution in [2.75, 3.05) is 13.7 Å². The Morgan fingerprint density at radius 2 is 1.86 bits per heavy atom. The van der Waals surface area contributed by atoms with E-state index in [1.807, 2.05) is 43.4 Å². The number of hydrogen-bond donors (Lipinski definition) is 1. The van der Waals surface area contributed by atoms with Crippen LogP contribution >= 0.6 is 0 Å². The summed E-state index contributed by atoms with van der Waals surface area (Å²) in [6.45, 7) is 4.22. The van der Waals surface area contributed by atoms with Crippen LogP contribution in [0.15, 0.2) is 48.5 Å². The smallest absolute Gasteiger partial charge is 0.123 e. The minimum Gasteiger partial charge on any atom is -0.491 e. The highest BCUT2D eigenvalue weighted by atomic mass is 16.5. The molecule has 0 aliphatic rings. The third kappa shape index (κ3) is 2.97. The molecule has 4 nitrogen and oxygen atoms in total. The maximum Gasteiger partial charge on any atom is 0.123 e. The number of benzene rings is 2. The molecular weight excluding hydrogens is 274 g/mol. The van der Waals surface area contributed by atoms with Crippen molar-refractivity contribution in [3.8, 4) is 5.75 Å². The number of hydrogen-bond acceptors (Lipinski definition) is 3. The first-order valence-electron chi connectivity index (χ1n) is 7.57. The maximum atomic E-state index is 5.92. The summed E-state index contributed by atoms with van der Waals surface area (Å²) in [6, 6.07) is 16.3. The van der Waals surface area contributed by atoms with Crippen LogP contribution in [0.1, 0.15) is 11.4 Å². The van der Waals surface area contributed by atoms with Crippen molar-refractivity contribution in [3.63, 3.8) is 0 Å². The number of imidazole rings is 1. The molecule has 0 aliphatic carbocycles. The Kier molecular flexibility index (Phi) is 4.39. The van der Waals surface area contributed by atoms with Gasteiger partial charge in [-0.2, -0.15) is 0 Å². The zero-order valence-electron chi connectivity index (χ0n) is 13.0. The summed E-state index contributed by atoms with van der Waals surface area (Å²) in [5.41, 5.74) is 3.35. The lowest BCUT2D eigenvalue weighted by molar-refractivity contribution is 0.296. The van der Waals surface area contributed by atoms with Gasteiger partial charge in [-0.3, -0.25) is 0 Å².